The van der Waals surface area contributed by atoms with Gasteiger partial charge in [-0.1, -0.05) is 34.7 Å². The fourth-order valence-electron chi connectivity index (χ4n) is 3.57. The number of thiazole rings is 2. The van der Waals surface area contributed by atoms with Crippen LogP contribution >= 0.6 is 73.3 Å². The predicted octanol–water partition coefficient (Wildman–Crippen LogP) is 1.95. The first kappa shape index (κ1) is 25.0. The fraction of sp³-hybridized carbons (Fsp3) is 0.182. The Morgan fingerprint density at radius 3 is 2.76 bits per heavy atom. The van der Waals surface area contributed by atoms with Gasteiger partial charge in [-0.3, -0.25) is 9.36 Å². The molecule has 33 heavy (non-hydrogen) atoms. The highest BCUT2D eigenvalue weighted by Crippen LogP contribution is 2.46. The van der Waals surface area contributed by atoms with Crippen molar-refractivity contribution in [2.75, 3.05) is 11.9 Å². The Kier molecular flexibility index (Phi) is 7.79. The number of halogens is 3. The van der Waals surface area contributed by atoms with Crippen LogP contribution in [0.25, 0.3) is 11.1 Å². The number of benzene rings is 1. The summed E-state index contributed by atoms with van der Waals surface area (Å²) in [5.74, 6) is 0. The third-order valence-corrected chi connectivity index (χ3v) is 10.6. The van der Waals surface area contributed by atoms with E-state index in [1.165, 1.54) is 5.56 Å². The zero-order valence-corrected chi connectivity index (χ0v) is 23.9. The summed E-state index contributed by atoms with van der Waals surface area (Å²) in [5.41, 5.74) is 2.35. The first-order chi connectivity index (χ1) is 15.5. The van der Waals surface area contributed by atoms with Crippen LogP contribution in [0, 0.1) is 0 Å². The molecule has 0 radical (unpaired) electrons. The van der Waals surface area contributed by atoms with E-state index < -0.39 is 0 Å². The van der Waals surface area contributed by atoms with Gasteiger partial charge in [0.1, 0.15) is 14.2 Å². The minimum absolute atomic E-state index is 0. The maximum atomic E-state index is 13.3. The molecule has 0 N–H and O–H groups in total. The summed E-state index contributed by atoms with van der Waals surface area (Å²) >= 11 is 16.4. The summed E-state index contributed by atoms with van der Waals surface area (Å²) in [7, 11) is 2.00. The lowest BCUT2D eigenvalue weighted by Crippen LogP contribution is -3.00. The molecule has 0 aliphatic carbocycles. The molecule has 0 atom stereocenters. The zero-order chi connectivity index (χ0) is 22.4. The summed E-state index contributed by atoms with van der Waals surface area (Å²) in [4.78, 5) is 16.5. The van der Waals surface area contributed by atoms with E-state index in [4.69, 9.17) is 11.6 Å². The lowest BCUT2D eigenvalue weighted by atomic mass is 10.3. The van der Waals surface area contributed by atoms with Gasteiger partial charge in [-0.15, -0.1) is 22.7 Å². The Labute approximate surface area is 227 Å². The van der Waals surface area contributed by atoms with Gasteiger partial charge in [-0.25, -0.2) is 0 Å². The maximum absolute atomic E-state index is 13.3. The van der Waals surface area contributed by atoms with Gasteiger partial charge in [-0.2, -0.15) is 4.57 Å². The summed E-state index contributed by atoms with van der Waals surface area (Å²) in [6, 6.07) is 8.00. The summed E-state index contributed by atoms with van der Waals surface area (Å²) in [5, 5.41) is 6.95. The van der Waals surface area contributed by atoms with Gasteiger partial charge in [0.05, 0.1) is 20.9 Å². The minimum atomic E-state index is 0. The molecule has 0 spiro atoms. The monoisotopic (exact) mass is 617 g/mol. The number of rotatable bonds is 4. The molecule has 5 rings (SSSR count). The van der Waals surface area contributed by atoms with Crippen LogP contribution < -0.4 is 36.6 Å². The van der Waals surface area contributed by atoms with Crippen molar-refractivity contribution in [3.63, 3.8) is 0 Å². The van der Waals surface area contributed by atoms with Crippen molar-refractivity contribution in [1.82, 2.24) is 4.57 Å². The molecule has 4 heterocycles. The Morgan fingerprint density at radius 1 is 1.21 bits per heavy atom. The Morgan fingerprint density at radius 2 is 2.03 bits per heavy atom. The van der Waals surface area contributed by atoms with Crippen molar-refractivity contribution < 1.29 is 17.0 Å². The summed E-state index contributed by atoms with van der Waals surface area (Å²) < 4.78 is 6.97. The van der Waals surface area contributed by atoms with Crippen molar-refractivity contribution in [2.24, 2.45) is 0 Å². The van der Waals surface area contributed by atoms with Crippen molar-refractivity contribution in [1.29, 1.82) is 0 Å². The molecule has 1 aliphatic rings. The molecule has 1 aromatic carbocycles. The number of hydrogen-bond donors (Lipinski definition) is 0. The number of fused-ring (bicyclic) bond motifs is 1. The van der Waals surface area contributed by atoms with Gasteiger partial charge in [0, 0.05) is 29.1 Å². The van der Waals surface area contributed by atoms with Gasteiger partial charge in [0.25, 0.3) is 10.6 Å². The van der Waals surface area contributed by atoms with Crippen LogP contribution in [-0.4, -0.2) is 11.6 Å². The van der Waals surface area contributed by atoms with Crippen LogP contribution in [0.1, 0.15) is 17.5 Å². The molecule has 0 saturated carbocycles. The van der Waals surface area contributed by atoms with Crippen molar-refractivity contribution >= 4 is 90.1 Å². The van der Waals surface area contributed by atoms with E-state index in [0.29, 0.717) is 11.6 Å². The maximum Gasteiger partial charge on any atom is 0.271 e. The van der Waals surface area contributed by atoms with Gasteiger partial charge in [-0.05, 0) is 52.5 Å². The van der Waals surface area contributed by atoms with E-state index >= 15 is 0 Å². The van der Waals surface area contributed by atoms with E-state index in [-0.39, 0.29) is 18.0 Å². The first-order valence-corrected chi connectivity index (χ1v) is 14.4. The van der Waals surface area contributed by atoms with E-state index in [1.807, 2.05) is 36.7 Å². The molecule has 3 aromatic heterocycles. The van der Waals surface area contributed by atoms with E-state index in [2.05, 4.69) is 54.5 Å². The molecule has 11 heteroatoms. The summed E-state index contributed by atoms with van der Waals surface area (Å²) in [6.45, 7) is 3.44. The number of aromatic nitrogens is 2. The minimum Gasteiger partial charge on any atom is -1.00 e. The standard InChI is InChI=1S/C22H18BrClN3OS4.ClH/c1-3-27-18(11-17-26(7-9-29-17)12-13-6-8-30-20(13)23)32-19(21(27)28)22-25(2)15-10-14(24)4-5-16(15)31-22;/h4-11H,3,12H2,1-2H3;1H/q+1;/p-1/b22-19+;. The second kappa shape index (κ2) is 10.3. The number of anilines is 1. The molecule has 0 unspecified atom stereocenters. The third-order valence-electron chi connectivity index (χ3n) is 5.21. The smallest absolute Gasteiger partial charge is 0.271 e. The van der Waals surface area contributed by atoms with Crippen LogP contribution in [0.3, 0.4) is 0 Å². The molecule has 0 saturated heterocycles. The van der Waals surface area contributed by atoms with Gasteiger partial charge in [0.15, 0.2) is 12.7 Å². The van der Waals surface area contributed by atoms with E-state index in [0.717, 1.165) is 40.1 Å². The van der Waals surface area contributed by atoms with Crippen LogP contribution in [-0.2, 0) is 13.1 Å². The molecule has 4 aromatic rings. The number of thioether (sulfide) groups is 1. The SMILES string of the molecule is CCn1c(=O)/c(=C2\Sc3ccc(Cl)cc3N2C)s/c1=C\c1scc[n+]1Cc1ccsc1Br.[Cl-]. The average molecular weight is 619 g/mol. The van der Waals surface area contributed by atoms with Gasteiger partial charge < -0.3 is 17.3 Å². The Balaban J connectivity index is 0.00000259. The zero-order valence-electron chi connectivity index (χ0n) is 17.5. The molecule has 0 bridgehead atoms. The van der Waals surface area contributed by atoms with Gasteiger partial charge in [0.2, 0.25) is 0 Å². The first-order valence-electron chi connectivity index (χ1n) is 9.82. The Bertz CT molecular complexity index is 1500. The second-order valence-electron chi connectivity index (χ2n) is 7.13. The van der Waals surface area contributed by atoms with Crippen molar-refractivity contribution in [3.8, 4) is 0 Å². The van der Waals surface area contributed by atoms with Crippen LogP contribution in [0.15, 0.2) is 54.7 Å². The Hall–Kier alpha value is -1.07. The number of thiophene rings is 1. The molecule has 4 nitrogen and oxygen atoms in total. The van der Waals surface area contributed by atoms with Crippen molar-refractivity contribution in [2.45, 2.75) is 24.9 Å². The lowest BCUT2D eigenvalue weighted by molar-refractivity contribution is -0.685. The molecule has 0 fully saturated rings. The highest BCUT2D eigenvalue weighted by atomic mass is 79.9. The van der Waals surface area contributed by atoms with Crippen LogP contribution in [0.4, 0.5) is 5.69 Å². The summed E-state index contributed by atoms with van der Waals surface area (Å²) in [6.07, 6.45) is 4.23. The molecule has 172 valence electrons. The number of nitrogens with zero attached hydrogens (tertiary/aromatic N) is 3. The number of hydrogen-bond acceptors (Lipinski definition) is 6. The molecule has 0 amide bonds. The second-order valence-corrected chi connectivity index (χ2v) is 12.8. The van der Waals surface area contributed by atoms with Crippen LogP contribution in [0.5, 0.6) is 0 Å². The van der Waals surface area contributed by atoms with E-state index in [9.17, 15) is 4.79 Å². The molecular weight excluding hydrogens is 601 g/mol. The largest absolute Gasteiger partial charge is 1.00 e. The molecular formula is C22H18BrCl2N3OS4. The average Bonchev–Trinajstić information content (AvgIpc) is 3.52. The third kappa shape index (κ3) is 4.74. The highest BCUT2D eigenvalue weighted by molar-refractivity contribution is 9.11. The predicted molar refractivity (Wildman–Crippen MR) is 142 cm³/mol. The lowest BCUT2D eigenvalue weighted by Gasteiger charge is -2.12. The van der Waals surface area contributed by atoms with E-state index in [1.54, 1.807) is 45.8 Å². The fourth-order valence-corrected chi connectivity index (χ4v) is 8.25. The normalized spacial score (nSPS) is 15.2. The van der Waals surface area contributed by atoms with Crippen molar-refractivity contribution in [3.05, 3.63) is 80.2 Å². The quantitative estimate of drug-likeness (QED) is 0.328. The topological polar surface area (TPSA) is 29.1 Å². The van der Waals surface area contributed by atoms with Crippen LogP contribution in [0.2, 0.25) is 5.02 Å². The molecule has 1 aliphatic heterocycles. The highest BCUT2D eigenvalue weighted by Gasteiger charge is 2.25. The van der Waals surface area contributed by atoms with Gasteiger partial charge >= 0.3 is 0 Å².